The number of methoxy groups -OCH3 is 1. The Balaban J connectivity index is 1.78. The zero-order valence-corrected chi connectivity index (χ0v) is 18.6. The Morgan fingerprint density at radius 2 is 2.03 bits per heavy atom. The molecule has 31 heavy (non-hydrogen) atoms. The van der Waals surface area contributed by atoms with E-state index in [4.69, 9.17) is 4.74 Å². The number of aromatic nitrogens is 1. The summed E-state index contributed by atoms with van der Waals surface area (Å²) in [4.78, 5) is 29.3. The average Bonchev–Trinajstić information content (AvgIpc) is 3.45. The van der Waals surface area contributed by atoms with Crippen molar-refractivity contribution in [2.45, 2.75) is 51.6 Å². The molecule has 0 saturated heterocycles. The first-order valence-corrected chi connectivity index (χ1v) is 11.3. The second-order valence-electron chi connectivity index (χ2n) is 9.47. The van der Waals surface area contributed by atoms with Crippen molar-refractivity contribution in [1.29, 1.82) is 0 Å². The summed E-state index contributed by atoms with van der Waals surface area (Å²) >= 11 is 1.59. The van der Waals surface area contributed by atoms with Crippen molar-refractivity contribution >= 4 is 28.2 Å². The number of aliphatic hydroxyl groups excluding tert-OH is 1. The lowest BCUT2D eigenvalue weighted by Gasteiger charge is -2.32. The number of H-pyrrole nitrogens is 1. The van der Waals surface area contributed by atoms with E-state index in [1.54, 1.807) is 18.4 Å². The van der Waals surface area contributed by atoms with Crippen LogP contribution in [0.5, 0.6) is 5.75 Å². The molecule has 2 aromatic heterocycles. The predicted molar refractivity (Wildman–Crippen MR) is 120 cm³/mol. The molecule has 2 aliphatic rings. The Bertz CT molecular complexity index is 1280. The Labute approximate surface area is 183 Å². The minimum Gasteiger partial charge on any atom is -0.494 e. The minimum atomic E-state index is -1.25. The Kier molecular flexibility index (Phi) is 4.53. The highest BCUT2D eigenvalue weighted by molar-refractivity contribution is 7.15. The number of rotatable bonds is 4. The molecule has 0 bridgehead atoms. The van der Waals surface area contributed by atoms with Gasteiger partial charge in [-0.3, -0.25) is 4.79 Å². The molecule has 0 aliphatic heterocycles. The summed E-state index contributed by atoms with van der Waals surface area (Å²) in [6.45, 7) is 4.35. The summed E-state index contributed by atoms with van der Waals surface area (Å²) in [5.41, 5.74) is 2.89. The number of fused-ring (bicyclic) bond motifs is 2. The highest BCUT2D eigenvalue weighted by atomic mass is 32.1. The SMILES string of the molecule is COc1c(-c2cc3c(s2)C(O)CC(C)(C)C3)c(C2CC2)cc2c(=O)c(C(=O)O)c[nH]c12. The van der Waals surface area contributed by atoms with Crippen molar-refractivity contribution < 1.29 is 19.7 Å². The summed E-state index contributed by atoms with van der Waals surface area (Å²) in [6.07, 6.45) is 4.45. The molecule has 2 heterocycles. The predicted octanol–water partition coefficient (Wildman–Crippen LogP) is 4.85. The molecule has 2 aliphatic carbocycles. The van der Waals surface area contributed by atoms with Crippen molar-refractivity contribution in [2.75, 3.05) is 7.11 Å². The van der Waals surface area contributed by atoms with Gasteiger partial charge < -0.3 is 19.9 Å². The molecule has 0 radical (unpaired) electrons. The lowest BCUT2D eigenvalue weighted by atomic mass is 9.76. The Morgan fingerprint density at radius 3 is 2.68 bits per heavy atom. The standard InChI is InChI=1S/C24H25NO5S/c1-24(2)8-12-6-17(31-22(12)16(26)9-24)18-13(11-4-5-11)7-14-19(21(18)30-3)25-10-15(20(14)27)23(28)29/h6-7,10-11,16,26H,4-5,8-9H2,1-3H3,(H,25,27)(H,28,29). The number of aliphatic hydroxyl groups is 1. The molecule has 0 spiro atoms. The van der Waals surface area contributed by atoms with E-state index < -0.39 is 17.5 Å². The van der Waals surface area contributed by atoms with Gasteiger partial charge in [-0.15, -0.1) is 11.3 Å². The number of hydrogen-bond acceptors (Lipinski definition) is 5. The molecule has 3 N–H and O–H groups in total. The van der Waals surface area contributed by atoms with E-state index >= 15 is 0 Å². The smallest absolute Gasteiger partial charge is 0.341 e. The Hall–Kier alpha value is -2.64. The third kappa shape index (κ3) is 3.27. The Morgan fingerprint density at radius 1 is 1.29 bits per heavy atom. The summed E-state index contributed by atoms with van der Waals surface area (Å²) in [5.74, 6) is -0.371. The molecular formula is C24H25NO5S. The highest BCUT2D eigenvalue weighted by Gasteiger charge is 2.35. The van der Waals surface area contributed by atoms with Crippen LogP contribution in [0.4, 0.5) is 0 Å². The molecule has 3 aromatic rings. The van der Waals surface area contributed by atoms with E-state index in [-0.39, 0.29) is 11.0 Å². The number of carbonyl (C=O) groups is 1. The van der Waals surface area contributed by atoms with Gasteiger partial charge >= 0.3 is 5.97 Å². The summed E-state index contributed by atoms with van der Waals surface area (Å²) in [5, 5.41) is 20.4. The summed E-state index contributed by atoms with van der Waals surface area (Å²) in [6, 6.07) is 4.00. The number of hydrogen-bond donors (Lipinski definition) is 3. The number of aromatic amines is 1. The van der Waals surface area contributed by atoms with Crippen LogP contribution in [0.2, 0.25) is 0 Å². The van der Waals surface area contributed by atoms with E-state index in [9.17, 15) is 19.8 Å². The first kappa shape index (κ1) is 20.3. The molecule has 1 fully saturated rings. The molecule has 162 valence electrons. The maximum Gasteiger partial charge on any atom is 0.341 e. The molecular weight excluding hydrogens is 414 g/mol. The highest BCUT2D eigenvalue weighted by Crippen LogP contribution is 2.53. The maximum absolute atomic E-state index is 12.9. The van der Waals surface area contributed by atoms with Gasteiger partial charge in [0, 0.05) is 21.5 Å². The first-order chi connectivity index (χ1) is 14.7. The zero-order valence-electron chi connectivity index (χ0n) is 17.7. The second-order valence-corrected chi connectivity index (χ2v) is 10.6. The molecule has 5 rings (SSSR count). The molecule has 1 aromatic carbocycles. The zero-order chi connectivity index (χ0) is 22.1. The number of pyridine rings is 1. The maximum atomic E-state index is 12.9. The fraction of sp³-hybridized carbons (Fsp3) is 0.417. The normalized spacial score (nSPS) is 19.9. The van der Waals surface area contributed by atoms with Crippen LogP contribution in [0.15, 0.2) is 23.1 Å². The molecule has 7 heteroatoms. The van der Waals surface area contributed by atoms with Gasteiger partial charge in [-0.05, 0) is 60.3 Å². The molecule has 1 saturated carbocycles. The summed E-state index contributed by atoms with van der Waals surface area (Å²) in [7, 11) is 1.57. The van der Waals surface area contributed by atoms with E-state index in [2.05, 4.69) is 24.9 Å². The number of nitrogens with one attached hydrogen (secondary N) is 1. The first-order valence-electron chi connectivity index (χ1n) is 10.5. The number of carboxylic acid groups (broad SMARTS) is 1. The number of benzene rings is 1. The lowest BCUT2D eigenvalue weighted by Crippen LogP contribution is -2.24. The molecule has 6 nitrogen and oxygen atoms in total. The van der Waals surface area contributed by atoms with Gasteiger partial charge in [-0.25, -0.2) is 4.79 Å². The van der Waals surface area contributed by atoms with E-state index in [1.807, 2.05) is 6.07 Å². The van der Waals surface area contributed by atoms with Crippen LogP contribution in [-0.2, 0) is 6.42 Å². The van der Waals surface area contributed by atoms with E-state index in [0.29, 0.717) is 22.6 Å². The largest absolute Gasteiger partial charge is 0.494 e. The van der Waals surface area contributed by atoms with Crippen molar-refractivity contribution in [2.24, 2.45) is 5.41 Å². The lowest BCUT2D eigenvalue weighted by molar-refractivity contribution is 0.0695. The minimum absolute atomic E-state index is 0.0377. The van der Waals surface area contributed by atoms with Crippen molar-refractivity contribution in [3.63, 3.8) is 0 Å². The van der Waals surface area contributed by atoms with Crippen molar-refractivity contribution in [1.82, 2.24) is 4.98 Å². The molecule has 1 unspecified atom stereocenters. The fourth-order valence-corrected chi connectivity index (χ4v) is 6.11. The van der Waals surface area contributed by atoms with Gasteiger partial charge in [0.1, 0.15) is 5.56 Å². The fourth-order valence-electron chi connectivity index (χ4n) is 4.88. The van der Waals surface area contributed by atoms with Crippen LogP contribution in [0.3, 0.4) is 0 Å². The number of ether oxygens (including phenoxy) is 1. The number of carboxylic acids is 1. The van der Waals surface area contributed by atoms with Crippen LogP contribution >= 0.6 is 11.3 Å². The van der Waals surface area contributed by atoms with Gasteiger partial charge in [0.15, 0.2) is 5.75 Å². The van der Waals surface area contributed by atoms with Crippen LogP contribution in [0.1, 0.15) is 71.5 Å². The van der Waals surface area contributed by atoms with Gasteiger partial charge in [0.05, 0.1) is 24.1 Å². The topological polar surface area (TPSA) is 99.6 Å². The van der Waals surface area contributed by atoms with Gasteiger partial charge in [0.2, 0.25) is 5.43 Å². The second kappa shape index (κ2) is 6.93. The molecule has 1 atom stereocenters. The van der Waals surface area contributed by atoms with Gasteiger partial charge in [-0.2, -0.15) is 0 Å². The number of aromatic carboxylic acids is 1. The van der Waals surface area contributed by atoms with Crippen LogP contribution in [0.25, 0.3) is 21.3 Å². The third-order valence-corrected chi connectivity index (χ3v) is 7.72. The van der Waals surface area contributed by atoms with E-state index in [1.165, 1.54) is 11.8 Å². The van der Waals surface area contributed by atoms with Gasteiger partial charge in [0.25, 0.3) is 0 Å². The van der Waals surface area contributed by atoms with Gasteiger partial charge in [-0.1, -0.05) is 13.8 Å². The number of thiophene rings is 1. The quantitative estimate of drug-likeness (QED) is 0.540. The average molecular weight is 440 g/mol. The van der Waals surface area contributed by atoms with Crippen LogP contribution in [-0.4, -0.2) is 28.3 Å². The van der Waals surface area contributed by atoms with Crippen molar-refractivity contribution in [3.8, 4) is 16.2 Å². The molecule has 0 amide bonds. The van der Waals surface area contributed by atoms with Crippen LogP contribution in [0, 0.1) is 5.41 Å². The van der Waals surface area contributed by atoms with E-state index in [0.717, 1.165) is 46.6 Å². The van der Waals surface area contributed by atoms with Crippen molar-refractivity contribution in [3.05, 3.63) is 50.1 Å². The van der Waals surface area contributed by atoms with Crippen LogP contribution < -0.4 is 10.2 Å². The third-order valence-electron chi connectivity index (χ3n) is 6.42. The monoisotopic (exact) mass is 439 g/mol. The summed E-state index contributed by atoms with van der Waals surface area (Å²) < 4.78 is 5.81.